The monoisotopic (exact) mass is 422 g/mol. The van der Waals surface area contributed by atoms with Gasteiger partial charge in [-0.1, -0.05) is 24.3 Å². The Labute approximate surface area is 185 Å². The molecule has 158 valence electrons. The van der Waals surface area contributed by atoms with E-state index in [9.17, 15) is 9.59 Å². The summed E-state index contributed by atoms with van der Waals surface area (Å²) in [5, 5.41) is 5.68. The Balaban J connectivity index is 1.37. The normalized spacial score (nSPS) is 10.4. The second-order valence-corrected chi connectivity index (χ2v) is 7.31. The quantitative estimate of drug-likeness (QED) is 0.338. The van der Waals surface area contributed by atoms with Gasteiger partial charge in [0, 0.05) is 33.9 Å². The van der Waals surface area contributed by atoms with Crippen molar-refractivity contribution < 1.29 is 9.59 Å². The maximum Gasteiger partial charge on any atom is 0.255 e. The highest BCUT2D eigenvalue weighted by atomic mass is 16.2. The van der Waals surface area contributed by atoms with Crippen LogP contribution in [-0.2, 0) is 0 Å². The molecule has 4 aromatic rings. The highest BCUT2D eigenvalue weighted by Gasteiger charge is 2.09. The summed E-state index contributed by atoms with van der Waals surface area (Å²) in [4.78, 5) is 24.9. The fourth-order valence-electron chi connectivity index (χ4n) is 3.17. The summed E-state index contributed by atoms with van der Waals surface area (Å²) in [6, 6.07) is 28.6. The smallest absolute Gasteiger partial charge is 0.255 e. The Kier molecular flexibility index (Phi) is 5.85. The lowest BCUT2D eigenvalue weighted by Gasteiger charge is -2.09. The first-order valence-electron chi connectivity index (χ1n) is 10.0. The van der Waals surface area contributed by atoms with Gasteiger partial charge < -0.3 is 22.1 Å². The lowest BCUT2D eigenvalue weighted by molar-refractivity contribution is 0.102. The van der Waals surface area contributed by atoms with Gasteiger partial charge in [0.1, 0.15) is 0 Å². The standard InChI is InChI=1S/C26H22N4O2/c27-21-9-1-17(2-10-21)18-5-13-23(14-6-18)29-26(32)20-7-15-24(16-8-20)30-25(31)19-3-11-22(28)12-4-19/h1-16H,27-28H2,(H,29,32)(H,30,31). The van der Waals surface area contributed by atoms with Gasteiger partial charge in [0.15, 0.2) is 0 Å². The zero-order valence-electron chi connectivity index (χ0n) is 17.2. The number of nitrogen functional groups attached to an aromatic ring is 2. The minimum atomic E-state index is -0.247. The number of hydrogen-bond donors (Lipinski definition) is 4. The minimum absolute atomic E-state index is 0.235. The highest BCUT2D eigenvalue weighted by molar-refractivity contribution is 6.06. The van der Waals surface area contributed by atoms with Gasteiger partial charge in [0.25, 0.3) is 11.8 Å². The molecule has 6 N–H and O–H groups in total. The van der Waals surface area contributed by atoms with Crippen LogP contribution < -0.4 is 22.1 Å². The van der Waals surface area contributed by atoms with E-state index in [-0.39, 0.29) is 11.8 Å². The molecule has 0 aliphatic heterocycles. The van der Waals surface area contributed by atoms with Crippen LogP contribution in [0.3, 0.4) is 0 Å². The number of carbonyl (C=O) groups is 2. The molecule has 0 atom stereocenters. The SMILES string of the molecule is Nc1ccc(C(=O)Nc2ccc(C(=O)Nc3ccc(-c4ccc(N)cc4)cc3)cc2)cc1. The van der Waals surface area contributed by atoms with Crippen LogP contribution in [-0.4, -0.2) is 11.8 Å². The van der Waals surface area contributed by atoms with Crippen molar-refractivity contribution in [2.45, 2.75) is 0 Å². The van der Waals surface area contributed by atoms with Crippen molar-refractivity contribution in [3.05, 3.63) is 108 Å². The third kappa shape index (κ3) is 4.94. The molecular formula is C26H22N4O2. The Hall–Kier alpha value is -4.58. The summed E-state index contributed by atoms with van der Waals surface area (Å²) in [6.45, 7) is 0. The van der Waals surface area contributed by atoms with Gasteiger partial charge in [-0.3, -0.25) is 9.59 Å². The highest BCUT2D eigenvalue weighted by Crippen LogP contribution is 2.23. The summed E-state index contributed by atoms with van der Waals surface area (Å²) >= 11 is 0. The molecule has 0 heterocycles. The van der Waals surface area contributed by atoms with Crippen LogP contribution in [0.4, 0.5) is 22.7 Å². The van der Waals surface area contributed by atoms with Gasteiger partial charge >= 0.3 is 0 Å². The third-order valence-electron chi connectivity index (χ3n) is 4.96. The average Bonchev–Trinajstić information content (AvgIpc) is 2.81. The van der Waals surface area contributed by atoms with Crippen molar-refractivity contribution in [1.29, 1.82) is 0 Å². The first-order valence-corrected chi connectivity index (χ1v) is 10.0. The van der Waals surface area contributed by atoms with Gasteiger partial charge in [-0.25, -0.2) is 0 Å². The van der Waals surface area contributed by atoms with E-state index >= 15 is 0 Å². The molecule has 0 aromatic heterocycles. The van der Waals surface area contributed by atoms with Crippen molar-refractivity contribution in [1.82, 2.24) is 0 Å². The van der Waals surface area contributed by atoms with Crippen LogP contribution in [0.1, 0.15) is 20.7 Å². The number of nitrogens with one attached hydrogen (secondary N) is 2. The van der Waals surface area contributed by atoms with Gasteiger partial charge in [-0.15, -0.1) is 0 Å². The van der Waals surface area contributed by atoms with E-state index in [1.807, 2.05) is 48.5 Å². The lowest BCUT2D eigenvalue weighted by atomic mass is 10.1. The number of nitrogens with two attached hydrogens (primary N) is 2. The molecule has 0 radical (unpaired) electrons. The Morgan fingerprint density at radius 2 is 0.781 bits per heavy atom. The van der Waals surface area contributed by atoms with Gasteiger partial charge in [-0.2, -0.15) is 0 Å². The van der Waals surface area contributed by atoms with Gasteiger partial charge in [0.2, 0.25) is 0 Å². The van der Waals surface area contributed by atoms with Crippen molar-refractivity contribution >= 4 is 34.6 Å². The number of carbonyl (C=O) groups excluding carboxylic acids is 2. The van der Waals surface area contributed by atoms with E-state index in [1.54, 1.807) is 48.5 Å². The molecule has 2 amide bonds. The fraction of sp³-hybridized carbons (Fsp3) is 0. The number of benzene rings is 4. The summed E-state index contributed by atoms with van der Waals surface area (Å²) in [5.74, 6) is -0.481. The zero-order valence-corrected chi connectivity index (χ0v) is 17.2. The molecule has 0 saturated heterocycles. The summed E-state index contributed by atoms with van der Waals surface area (Å²) < 4.78 is 0. The fourth-order valence-corrected chi connectivity index (χ4v) is 3.17. The first kappa shape index (κ1) is 20.7. The Bertz CT molecular complexity index is 1230. The molecule has 0 fully saturated rings. The molecule has 0 aliphatic carbocycles. The first-order chi connectivity index (χ1) is 15.5. The summed E-state index contributed by atoms with van der Waals surface area (Å²) in [7, 11) is 0. The number of hydrogen-bond acceptors (Lipinski definition) is 4. The molecule has 4 aromatic carbocycles. The molecule has 4 rings (SSSR count). The van der Waals surface area contributed by atoms with Crippen molar-refractivity contribution in [2.75, 3.05) is 22.1 Å². The number of amides is 2. The Morgan fingerprint density at radius 1 is 0.469 bits per heavy atom. The van der Waals surface area contributed by atoms with Crippen LogP contribution in [0.25, 0.3) is 11.1 Å². The third-order valence-corrected chi connectivity index (χ3v) is 4.96. The zero-order chi connectivity index (χ0) is 22.5. The minimum Gasteiger partial charge on any atom is -0.399 e. The Morgan fingerprint density at radius 3 is 1.22 bits per heavy atom. The average molecular weight is 422 g/mol. The number of rotatable bonds is 5. The van der Waals surface area contributed by atoms with E-state index in [4.69, 9.17) is 11.5 Å². The van der Waals surface area contributed by atoms with Gasteiger partial charge in [-0.05, 0) is 83.9 Å². The van der Waals surface area contributed by atoms with Crippen molar-refractivity contribution in [2.24, 2.45) is 0 Å². The molecule has 6 heteroatoms. The molecule has 32 heavy (non-hydrogen) atoms. The van der Waals surface area contributed by atoms with E-state index in [1.165, 1.54) is 0 Å². The molecule has 0 bridgehead atoms. The second kappa shape index (κ2) is 9.06. The largest absolute Gasteiger partial charge is 0.399 e. The van der Waals surface area contributed by atoms with Crippen LogP contribution in [0.15, 0.2) is 97.1 Å². The van der Waals surface area contributed by atoms with Crippen LogP contribution >= 0.6 is 0 Å². The number of anilines is 4. The van der Waals surface area contributed by atoms with Crippen molar-refractivity contribution in [3.8, 4) is 11.1 Å². The molecular weight excluding hydrogens is 400 g/mol. The topological polar surface area (TPSA) is 110 Å². The molecule has 6 nitrogen and oxygen atoms in total. The molecule has 0 unspecified atom stereocenters. The predicted molar refractivity (Wildman–Crippen MR) is 129 cm³/mol. The predicted octanol–water partition coefficient (Wildman–Crippen LogP) is 5.02. The summed E-state index contributed by atoms with van der Waals surface area (Å²) in [6.07, 6.45) is 0. The summed E-state index contributed by atoms with van der Waals surface area (Å²) in [5.41, 5.74) is 17.0. The molecule has 0 aliphatic rings. The van der Waals surface area contributed by atoms with E-state index in [2.05, 4.69) is 10.6 Å². The van der Waals surface area contributed by atoms with E-state index in [0.717, 1.165) is 11.1 Å². The van der Waals surface area contributed by atoms with Crippen LogP contribution in [0.2, 0.25) is 0 Å². The van der Waals surface area contributed by atoms with Crippen LogP contribution in [0.5, 0.6) is 0 Å². The maximum absolute atomic E-state index is 12.6. The lowest BCUT2D eigenvalue weighted by Crippen LogP contribution is -2.13. The van der Waals surface area contributed by atoms with Gasteiger partial charge in [0.05, 0.1) is 0 Å². The van der Waals surface area contributed by atoms with E-state index in [0.29, 0.717) is 33.9 Å². The molecule has 0 saturated carbocycles. The van der Waals surface area contributed by atoms with Crippen molar-refractivity contribution in [3.63, 3.8) is 0 Å². The molecule has 0 spiro atoms. The second-order valence-electron chi connectivity index (χ2n) is 7.31. The van der Waals surface area contributed by atoms with E-state index < -0.39 is 0 Å². The maximum atomic E-state index is 12.6. The van der Waals surface area contributed by atoms with Crippen LogP contribution in [0, 0.1) is 0 Å².